The molecule has 0 saturated heterocycles. The molecular formula is C18H13ClFN5O2. The molecule has 2 heterocycles. The highest BCUT2D eigenvalue weighted by atomic mass is 35.5. The number of aryl methyl sites for hydroxylation is 1. The molecule has 0 unspecified atom stereocenters. The zero-order valence-electron chi connectivity index (χ0n) is 14.1. The average molecular weight is 386 g/mol. The number of nitrogens with one attached hydrogen (secondary N) is 2. The second-order valence-electron chi connectivity index (χ2n) is 6.09. The van der Waals surface area contributed by atoms with E-state index in [1.54, 1.807) is 6.07 Å². The lowest BCUT2D eigenvalue weighted by Gasteiger charge is -2.06. The standard InChI is InChI=1S/C18H13ClFN5O2/c1-9-2-5-14-13(6-9)22-18(27)16-15(23-24-25(14)16)17(26)21-8-10-3-4-11(20)7-12(10)19/h2-7H,8H2,1H3,(H,21,26)(H,22,27). The van der Waals surface area contributed by atoms with Gasteiger partial charge in [-0.05, 0) is 42.3 Å². The van der Waals surface area contributed by atoms with Crippen molar-refractivity contribution in [2.45, 2.75) is 13.5 Å². The van der Waals surface area contributed by atoms with Gasteiger partial charge in [0.25, 0.3) is 11.5 Å². The lowest BCUT2D eigenvalue weighted by molar-refractivity contribution is 0.0947. The smallest absolute Gasteiger partial charge is 0.277 e. The number of fused-ring (bicyclic) bond motifs is 3. The highest BCUT2D eigenvalue weighted by Crippen LogP contribution is 2.18. The van der Waals surface area contributed by atoms with E-state index in [1.165, 1.54) is 16.6 Å². The van der Waals surface area contributed by atoms with Crippen molar-refractivity contribution in [1.29, 1.82) is 0 Å². The zero-order chi connectivity index (χ0) is 19.1. The fourth-order valence-corrected chi connectivity index (χ4v) is 3.08. The van der Waals surface area contributed by atoms with Crippen molar-refractivity contribution in [2.24, 2.45) is 0 Å². The second kappa shape index (κ2) is 6.48. The monoisotopic (exact) mass is 385 g/mol. The number of H-pyrrole nitrogens is 1. The summed E-state index contributed by atoms with van der Waals surface area (Å²) in [4.78, 5) is 27.7. The molecular weight excluding hydrogens is 373 g/mol. The van der Waals surface area contributed by atoms with Crippen molar-refractivity contribution < 1.29 is 9.18 Å². The van der Waals surface area contributed by atoms with Crippen LogP contribution in [0, 0.1) is 12.7 Å². The lowest BCUT2D eigenvalue weighted by Crippen LogP contribution is -2.25. The van der Waals surface area contributed by atoms with Crippen molar-refractivity contribution in [3.63, 3.8) is 0 Å². The van der Waals surface area contributed by atoms with Gasteiger partial charge >= 0.3 is 0 Å². The number of rotatable bonds is 3. The van der Waals surface area contributed by atoms with Gasteiger partial charge in [-0.15, -0.1) is 5.10 Å². The first-order chi connectivity index (χ1) is 12.9. The summed E-state index contributed by atoms with van der Waals surface area (Å²) in [5, 5.41) is 10.6. The Morgan fingerprint density at radius 2 is 2.11 bits per heavy atom. The molecule has 9 heteroatoms. The van der Waals surface area contributed by atoms with Crippen LogP contribution in [0.5, 0.6) is 0 Å². The molecule has 0 bridgehead atoms. The van der Waals surface area contributed by atoms with Gasteiger partial charge in [-0.1, -0.05) is 28.9 Å². The van der Waals surface area contributed by atoms with Crippen LogP contribution in [-0.4, -0.2) is 25.7 Å². The van der Waals surface area contributed by atoms with Gasteiger partial charge < -0.3 is 10.3 Å². The number of halogens is 2. The third-order valence-electron chi connectivity index (χ3n) is 4.18. The molecule has 4 rings (SSSR count). The quantitative estimate of drug-likeness (QED) is 0.567. The maximum atomic E-state index is 13.1. The third-order valence-corrected chi connectivity index (χ3v) is 4.54. The third kappa shape index (κ3) is 3.04. The zero-order valence-corrected chi connectivity index (χ0v) is 14.8. The minimum absolute atomic E-state index is 0.0501. The number of amides is 1. The van der Waals surface area contributed by atoms with Crippen molar-refractivity contribution in [3.8, 4) is 0 Å². The number of hydrogen-bond donors (Lipinski definition) is 2. The predicted molar refractivity (Wildman–Crippen MR) is 98.4 cm³/mol. The normalized spacial score (nSPS) is 11.2. The molecule has 0 aliphatic rings. The van der Waals surface area contributed by atoms with Gasteiger partial charge in [0, 0.05) is 11.6 Å². The summed E-state index contributed by atoms with van der Waals surface area (Å²) >= 11 is 5.96. The Labute approximate surface area is 156 Å². The van der Waals surface area contributed by atoms with Crippen LogP contribution >= 0.6 is 11.6 Å². The summed E-state index contributed by atoms with van der Waals surface area (Å²) in [6.07, 6.45) is 0. The van der Waals surface area contributed by atoms with E-state index >= 15 is 0 Å². The first-order valence-electron chi connectivity index (χ1n) is 8.04. The molecule has 0 aliphatic heterocycles. The van der Waals surface area contributed by atoms with Gasteiger partial charge in [0.1, 0.15) is 5.82 Å². The molecule has 0 radical (unpaired) electrons. The number of carbonyl (C=O) groups excluding carboxylic acids is 1. The van der Waals surface area contributed by atoms with Gasteiger partial charge in [-0.25, -0.2) is 8.91 Å². The van der Waals surface area contributed by atoms with Crippen molar-refractivity contribution in [1.82, 2.24) is 25.1 Å². The van der Waals surface area contributed by atoms with E-state index in [0.29, 0.717) is 16.6 Å². The number of aromatic nitrogens is 4. The van der Waals surface area contributed by atoms with Gasteiger partial charge in [-0.2, -0.15) is 0 Å². The number of benzene rings is 2. The van der Waals surface area contributed by atoms with E-state index in [4.69, 9.17) is 11.6 Å². The van der Waals surface area contributed by atoms with E-state index in [9.17, 15) is 14.0 Å². The number of carbonyl (C=O) groups is 1. The van der Waals surface area contributed by atoms with E-state index < -0.39 is 17.3 Å². The van der Waals surface area contributed by atoms with Crippen molar-refractivity contribution in [3.05, 3.63) is 74.4 Å². The number of nitrogens with zero attached hydrogens (tertiary/aromatic N) is 3. The Morgan fingerprint density at radius 1 is 1.30 bits per heavy atom. The van der Waals surface area contributed by atoms with Crippen LogP contribution in [0.1, 0.15) is 21.6 Å². The molecule has 27 heavy (non-hydrogen) atoms. The predicted octanol–water partition coefficient (Wildman–Crippen LogP) is 2.60. The molecule has 0 saturated carbocycles. The molecule has 136 valence electrons. The fraction of sp³-hybridized carbons (Fsp3) is 0.111. The summed E-state index contributed by atoms with van der Waals surface area (Å²) in [6, 6.07) is 9.37. The Balaban J connectivity index is 1.70. The minimum atomic E-state index is -0.581. The van der Waals surface area contributed by atoms with E-state index in [-0.39, 0.29) is 22.8 Å². The van der Waals surface area contributed by atoms with E-state index in [0.717, 1.165) is 11.6 Å². The van der Waals surface area contributed by atoms with Crippen LogP contribution < -0.4 is 10.9 Å². The van der Waals surface area contributed by atoms with Crippen molar-refractivity contribution >= 4 is 34.1 Å². The van der Waals surface area contributed by atoms with Crippen LogP contribution in [0.3, 0.4) is 0 Å². The molecule has 0 fully saturated rings. The van der Waals surface area contributed by atoms with Gasteiger partial charge in [0.05, 0.1) is 11.0 Å². The summed E-state index contributed by atoms with van der Waals surface area (Å²) in [6.45, 7) is 1.96. The van der Waals surface area contributed by atoms with Crippen LogP contribution in [0.2, 0.25) is 5.02 Å². The summed E-state index contributed by atoms with van der Waals surface area (Å²) < 4.78 is 14.5. The molecule has 0 atom stereocenters. The molecule has 0 aliphatic carbocycles. The van der Waals surface area contributed by atoms with Crippen LogP contribution in [0.4, 0.5) is 4.39 Å². The van der Waals surface area contributed by atoms with Crippen LogP contribution in [-0.2, 0) is 6.54 Å². The first-order valence-corrected chi connectivity index (χ1v) is 8.42. The SMILES string of the molecule is Cc1ccc2c(c1)[nH]c(=O)c1c(C(=O)NCc3ccc(F)cc3Cl)nnn12. The molecule has 0 spiro atoms. The average Bonchev–Trinajstić information content (AvgIpc) is 3.06. The highest BCUT2D eigenvalue weighted by molar-refractivity contribution is 6.31. The summed E-state index contributed by atoms with van der Waals surface area (Å²) in [5.74, 6) is -1.05. The van der Waals surface area contributed by atoms with E-state index in [2.05, 4.69) is 20.6 Å². The largest absolute Gasteiger partial charge is 0.346 e. The Morgan fingerprint density at radius 3 is 2.89 bits per heavy atom. The molecule has 2 N–H and O–H groups in total. The second-order valence-corrected chi connectivity index (χ2v) is 6.50. The van der Waals surface area contributed by atoms with E-state index in [1.807, 2.05) is 19.1 Å². The van der Waals surface area contributed by atoms with Crippen LogP contribution in [0.15, 0.2) is 41.2 Å². The highest BCUT2D eigenvalue weighted by Gasteiger charge is 2.19. The maximum absolute atomic E-state index is 13.1. The molecule has 4 aromatic rings. The first kappa shape index (κ1) is 17.2. The lowest BCUT2D eigenvalue weighted by atomic mass is 10.2. The Bertz CT molecular complexity index is 1260. The molecule has 2 aromatic heterocycles. The number of aromatic amines is 1. The molecule has 7 nitrogen and oxygen atoms in total. The summed E-state index contributed by atoms with van der Waals surface area (Å²) in [7, 11) is 0. The van der Waals surface area contributed by atoms with Gasteiger partial charge in [0.15, 0.2) is 11.2 Å². The topological polar surface area (TPSA) is 92.1 Å². The summed E-state index contributed by atoms with van der Waals surface area (Å²) in [5.41, 5.74) is 2.23. The number of hydrogen-bond acceptors (Lipinski definition) is 4. The fourth-order valence-electron chi connectivity index (χ4n) is 2.85. The minimum Gasteiger partial charge on any atom is -0.346 e. The van der Waals surface area contributed by atoms with Crippen LogP contribution in [0.25, 0.3) is 16.6 Å². The Kier molecular flexibility index (Phi) is 4.12. The van der Waals surface area contributed by atoms with Gasteiger partial charge in [-0.3, -0.25) is 9.59 Å². The molecule has 2 aromatic carbocycles. The Hall–Kier alpha value is -3.26. The van der Waals surface area contributed by atoms with Crippen molar-refractivity contribution in [2.75, 3.05) is 0 Å². The molecule has 1 amide bonds. The maximum Gasteiger partial charge on any atom is 0.277 e. The van der Waals surface area contributed by atoms with Gasteiger partial charge in [0.2, 0.25) is 0 Å².